The number of carbonyl (C=O) groups is 1. The van der Waals surface area contributed by atoms with E-state index < -0.39 is 0 Å². The summed E-state index contributed by atoms with van der Waals surface area (Å²) in [5.41, 5.74) is 4.46. The first-order chi connectivity index (χ1) is 17.5. The van der Waals surface area contributed by atoms with Crippen LogP contribution in [0.2, 0.25) is 0 Å². The lowest BCUT2D eigenvalue weighted by molar-refractivity contribution is 0.0925. The van der Waals surface area contributed by atoms with Crippen LogP contribution in [-0.2, 0) is 7.05 Å². The summed E-state index contributed by atoms with van der Waals surface area (Å²) in [6.07, 6.45) is 11.3. The number of aryl methyl sites for hydroxylation is 1. The second-order valence-electron chi connectivity index (χ2n) is 9.08. The van der Waals surface area contributed by atoms with Crippen molar-refractivity contribution < 1.29 is 4.79 Å². The van der Waals surface area contributed by atoms with E-state index in [1.54, 1.807) is 10.9 Å². The standard InChI is InChI=1S/C26H24BrN7OS/c1-33-15-16(13-30-33)20-12-21-22(14-29-20)34(25(32-21)19-7-2-3-10-28-19)18-6-4-5-17(11-18)31-26(35)23-8-9-24(27)36-23/h2-3,7-10,12-15,17-18H,4-6,11H2,1H3,(H,31,35). The van der Waals surface area contributed by atoms with E-state index in [4.69, 9.17) is 9.97 Å². The van der Waals surface area contributed by atoms with Crippen LogP contribution in [0.3, 0.4) is 0 Å². The van der Waals surface area contributed by atoms with E-state index in [2.05, 4.69) is 35.9 Å². The number of aromatic nitrogens is 6. The quantitative estimate of drug-likeness (QED) is 0.300. The lowest BCUT2D eigenvalue weighted by atomic mass is 9.90. The number of carbonyl (C=O) groups excluding carboxylic acids is 1. The van der Waals surface area contributed by atoms with Gasteiger partial charge in [-0.1, -0.05) is 6.07 Å². The fourth-order valence-electron chi connectivity index (χ4n) is 4.97. The van der Waals surface area contributed by atoms with Crippen molar-refractivity contribution in [3.8, 4) is 22.8 Å². The number of nitrogens with one attached hydrogen (secondary N) is 1. The van der Waals surface area contributed by atoms with Crippen molar-refractivity contribution in [3.05, 3.63) is 69.8 Å². The van der Waals surface area contributed by atoms with Crippen LogP contribution in [0.4, 0.5) is 0 Å². The van der Waals surface area contributed by atoms with Crippen molar-refractivity contribution >= 4 is 44.2 Å². The van der Waals surface area contributed by atoms with Crippen LogP contribution in [-0.4, -0.2) is 41.2 Å². The van der Waals surface area contributed by atoms with Crippen molar-refractivity contribution in [2.75, 3.05) is 0 Å². The summed E-state index contributed by atoms with van der Waals surface area (Å²) in [5.74, 6) is 0.814. The van der Waals surface area contributed by atoms with Crippen molar-refractivity contribution in [2.45, 2.75) is 37.8 Å². The number of rotatable bonds is 5. The summed E-state index contributed by atoms with van der Waals surface area (Å²) >= 11 is 4.90. The highest BCUT2D eigenvalue weighted by Gasteiger charge is 2.29. The average Bonchev–Trinajstić information content (AvgIpc) is 3.62. The SMILES string of the molecule is Cn1cc(-c2cc3nc(-c4ccccn4)n(C4CCCC(NC(=O)c5ccc(Br)s5)C4)c3cn2)cn1. The normalized spacial score (nSPS) is 17.9. The third-order valence-electron chi connectivity index (χ3n) is 6.61. The first kappa shape index (κ1) is 23.1. The molecule has 1 fully saturated rings. The summed E-state index contributed by atoms with van der Waals surface area (Å²) in [7, 11) is 1.89. The fraction of sp³-hybridized carbons (Fsp3) is 0.269. The first-order valence-electron chi connectivity index (χ1n) is 11.9. The molecule has 1 amide bonds. The Hall–Kier alpha value is -3.37. The Balaban J connectivity index is 1.36. The molecule has 0 spiro atoms. The van der Waals surface area contributed by atoms with Gasteiger partial charge < -0.3 is 9.88 Å². The molecule has 1 N–H and O–H groups in total. The van der Waals surface area contributed by atoms with Gasteiger partial charge in [-0.3, -0.25) is 19.4 Å². The van der Waals surface area contributed by atoms with E-state index in [0.717, 1.165) is 68.2 Å². The molecule has 1 aliphatic rings. The Labute approximate surface area is 220 Å². The van der Waals surface area contributed by atoms with Gasteiger partial charge in [0.25, 0.3) is 5.91 Å². The Bertz CT molecular complexity index is 1540. The van der Waals surface area contributed by atoms with Crippen LogP contribution in [0.25, 0.3) is 33.8 Å². The monoisotopic (exact) mass is 561 g/mol. The molecule has 2 atom stereocenters. The highest BCUT2D eigenvalue weighted by atomic mass is 79.9. The van der Waals surface area contributed by atoms with Gasteiger partial charge in [-0.25, -0.2) is 4.98 Å². The maximum atomic E-state index is 12.8. The van der Waals surface area contributed by atoms with Crippen LogP contribution >= 0.6 is 27.3 Å². The van der Waals surface area contributed by atoms with Gasteiger partial charge in [0.15, 0.2) is 5.82 Å². The molecular formula is C26H24BrN7OS. The average molecular weight is 562 g/mol. The van der Waals surface area contributed by atoms with E-state index >= 15 is 0 Å². The van der Waals surface area contributed by atoms with Gasteiger partial charge in [0.05, 0.1) is 37.8 Å². The molecule has 5 aromatic rings. The second kappa shape index (κ2) is 9.59. The predicted molar refractivity (Wildman–Crippen MR) is 144 cm³/mol. The topological polar surface area (TPSA) is 90.5 Å². The van der Waals surface area contributed by atoms with Gasteiger partial charge in [-0.15, -0.1) is 11.3 Å². The Morgan fingerprint density at radius 2 is 2.06 bits per heavy atom. The number of imidazole rings is 1. The van der Waals surface area contributed by atoms with Crippen LogP contribution in [0, 0.1) is 0 Å². The number of hydrogen-bond acceptors (Lipinski definition) is 6. The molecule has 0 bridgehead atoms. The van der Waals surface area contributed by atoms with Gasteiger partial charge in [-0.05, 0) is 71.9 Å². The van der Waals surface area contributed by atoms with Crippen molar-refractivity contribution in [2.24, 2.45) is 7.05 Å². The van der Waals surface area contributed by atoms with Gasteiger partial charge in [0.1, 0.15) is 5.69 Å². The van der Waals surface area contributed by atoms with Crippen molar-refractivity contribution in [1.82, 2.24) is 34.6 Å². The molecule has 8 nitrogen and oxygen atoms in total. The molecular weight excluding hydrogens is 538 g/mol. The zero-order chi connectivity index (χ0) is 24.6. The minimum absolute atomic E-state index is 0.0143. The first-order valence-corrected chi connectivity index (χ1v) is 13.5. The minimum Gasteiger partial charge on any atom is -0.349 e. The van der Waals surface area contributed by atoms with E-state index in [1.807, 2.05) is 62.0 Å². The molecule has 5 heterocycles. The Morgan fingerprint density at radius 1 is 1.14 bits per heavy atom. The highest BCUT2D eigenvalue weighted by molar-refractivity contribution is 9.11. The number of amides is 1. The zero-order valence-electron chi connectivity index (χ0n) is 19.6. The van der Waals surface area contributed by atoms with Gasteiger partial charge in [-0.2, -0.15) is 5.10 Å². The molecule has 0 radical (unpaired) electrons. The van der Waals surface area contributed by atoms with Gasteiger partial charge in [0.2, 0.25) is 0 Å². The molecule has 10 heteroatoms. The molecule has 2 unspecified atom stereocenters. The number of thiophene rings is 1. The molecule has 182 valence electrons. The summed E-state index contributed by atoms with van der Waals surface area (Å²) in [6, 6.07) is 11.9. The van der Waals surface area contributed by atoms with Gasteiger partial charge in [0, 0.05) is 37.1 Å². The third kappa shape index (κ3) is 4.46. The number of hydrogen-bond donors (Lipinski definition) is 1. The smallest absolute Gasteiger partial charge is 0.261 e. The van der Waals surface area contributed by atoms with Crippen molar-refractivity contribution in [3.63, 3.8) is 0 Å². The van der Waals surface area contributed by atoms with Crippen LogP contribution in [0.15, 0.2) is 65.0 Å². The van der Waals surface area contributed by atoms with E-state index in [1.165, 1.54) is 11.3 Å². The number of halogens is 1. The van der Waals surface area contributed by atoms with E-state index in [0.29, 0.717) is 0 Å². The third-order valence-corrected chi connectivity index (χ3v) is 8.24. The predicted octanol–water partition coefficient (Wildman–Crippen LogP) is 5.63. The Kier molecular flexibility index (Phi) is 6.14. The van der Waals surface area contributed by atoms with Crippen LogP contribution in [0.1, 0.15) is 41.4 Å². The highest BCUT2D eigenvalue weighted by Crippen LogP contribution is 2.36. The molecule has 1 aliphatic carbocycles. The lowest BCUT2D eigenvalue weighted by Crippen LogP contribution is -2.38. The summed E-state index contributed by atoms with van der Waals surface area (Å²) in [4.78, 5) is 27.9. The maximum absolute atomic E-state index is 12.8. The Morgan fingerprint density at radius 3 is 2.81 bits per heavy atom. The van der Waals surface area contributed by atoms with E-state index in [9.17, 15) is 4.79 Å². The van der Waals surface area contributed by atoms with Crippen LogP contribution in [0.5, 0.6) is 0 Å². The van der Waals surface area contributed by atoms with Crippen molar-refractivity contribution in [1.29, 1.82) is 0 Å². The molecule has 0 saturated heterocycles. The van der Waals surface area contributed by atoms with Gasteiger partial charge >= 0.3 is 0 Å². The summed E-state index contributed by atoms with van der Waals surface area (Å²) < 4.78 is 5.00. The second-order valence-corrected chi connectivity index (χ2v) is 11.5. The van der Waals surface area contributed by atoms with Crippen LogP contribution < -0.4 is 5.32 Å². The van der Waals surface area contributed by atoms with E-state index in [-0.39, 0.29) is 18.0 Å². The molecule has 5 aromatic heterocycles. The molecule has 0 aromatic carbocycles. The molecule has 36 heavy (non-hydrogen) atoms. The minimum atomic E-state index is -0.0143. The fourth-order valence-corrected chi connectivity index (χ4v) is 6.26. The number of pyridine rings is 2. The number of nitrogens with zero attached hydrogens (tertiary/aromatic N) is 6. The largest absolute Gasteiger partial charge is 0.349 e. The maximum Gasteiger partial charge on any atom is 0.261 e. The zero-order valence-corrected chi connectivity index (χ0v) is 22.0. The molecule has 0 aliphatic heterocycles. The molecule has 1 saturated carbocycles. The summed E-state index contributed by atoms with van der Waals surface area (Å²) in [6.45, 7) is 0. The number of fused-ring (bicyclic) bond motifs is 1. The summed E-state index contributed by atoms with van der Waals surface area (Å²) in [5, 5.41) is 7.53. The lowest BCUT2D eigenvalue weighted by Gasteiger charge is -2.31. The molecule has 6 rings (SSSR count).